The molecule has 0 radical (unpaired) electrons. The number of likely N-dealkylation sites (N-methyl/N-ethyl adjacent to an activating group) is 1. The Bertz CT molecular complexity index is 425. The van der Waals surface area contributed by atoms with Gasteiger partial charge in [-0.05, 0) is 39.8 Å². The molecule has 0 heterocycles. The predicted octanol–water partition coefficient (Wildman–Crippen LogP) is 2.30. The van der Waals surface area contributed by atoms with Gasteiger partial charge in [0.15, 0.2) is 6.61 Å². The van der Waals surface area contributed by atoms with Gasteiger partial charge in [-0.3, -0.25) is 4.79 Å². The molecule has 4 heteroatoms. The molecule has 1 amide bonds. The van der Waals surface area contributed by atoms with Crippen LogP contribution in [0.2, 0.25) is 0 Å². The number of amides is 1. The Morgan fingerprint density at radius 2 is 2.00 bits per heavy atom. The van der Waals surface area contributed by atoms with Gasteiger partial charge in [0.25, 0.3) is 5.91 Å². The minimum atomic E-state index is -0.613. The van der Waals surface area contributed by atoms with Gasteiger partial charge in [-0.2, -0.15) is 0 Å². The highest BCUT2D eigenvalue weighted by molar-refractivity contribution is 5.77. The molecule has 19 heavy (non-hydrogen) atoms. The van der Waals surface area contributed by atoms with Crippen molar-refractivity contribution in [1.29, 1.82) is 0 Å². The van der Waals surface area contributed by atoms with Crippen molar-refractivity contribution in [3.8, 4) is 5.75 Å². The molecule has 0 fully saturated rings. The molecule has 0 unspecified atom stereocenters. The van der Waals surface area contributed by atoms with Gasteiger partial charge in [-0.1, -0.05) is 11.6 Å². The van der Waals surface area contributed by atoms with Crippen LogP contribution in [-0.2, 0) is 4.79 Å². The van der Waals surface area contributed by atoms with Gasteiger partial charge >= 0.3 is 0 Å². The highest BCUT2D eigenvalue weighted by Crippen LogP contribution is 2.26. The molecule has 0 aromatic heterocycles. The zero-order valence-electron chi connectivity index (χ0n) is 12.1. The standard InChI is InChI=1S/C15H23NO3/c1-5-16(6-2)15(18)10-19-14-8-7-11(3)9-13(14)12(4)17/h7-9,12,17H,5-6,10H2,1-4H3/t12-/m1/s1. The fraction of sp³-hybridized carbons (Fsp3) is 0.533. The highest BCUT2D eigenvalue weighted by atomic mass is 16.5. The fourth-order valence-corrected chi connectivity index (χ4v) is 1.93. The van der Waals surface area contributed by atoms with Crippen molar-refractivity contribution >= 4 is 5.91 Å². The Morgan fingerprint density at radius 3 is 2.53 bits per heavy atom. The van der Waals surface area contributed by atoms with E-state index in [1.54, 1.807) is 17.9 Å². The molecule has 106 valence electrons. The average Bonchev–Trinajstić information content (AvgIpc) is 2.38. The molecule has 0 aliphatic rings. The lowest BCUT2D eigenvalue weighted by Gasteiger charge is -2.20. The number of aliphatic hydroxyl groups excluding tert-OH is 1. The number of nitrogens with zero attached hydrogens (tertiary/aromatic N) is 1. The van der Waals surface area contributed by atoms with E-state index in [0.717, 1.165) is 5.56 Å². The second-order valence-corrected chi connectivity index (χ2v) is 4.57. The molecule has 0 aliphatic heterocycles. The Hall–Kier alpha value is -1.55. The third kappa shape index (κ3) is 4.24. The van der Waals surface area contributed by atoms with Crippen molar-refractivity contribution in [2.45, 2.75) is 33.8 Å². The molecule has 0 saturated carbocycles. The summed E-state index contributed by atoms with van der Waals surface area (Å²) in [5.41, 5.74) is 1.77. The van der Waals surface area contributed by atoms with E-state index in [4.69, 9.17) is 4.74 Å². The maximum atomic E-state index is 11.9. The lowest BCUT2D eigenvalue weighted by Crippen LogP contribution is -2.34. The maximum absolute atomic E-state index is 11.9. The normalized spacial score (nSPS) is 12.1. The number of hydrogen-bond acceptors (Lipinski definition) is 3. The summed E-state index contributed by atoms with van der Waals surface area (Å²) in [4.78, 5) is 13.6. The van der Waals surface area contributed by atoms with Crippen LogP contribution in [0, 0.1) is 6.92 Å². The van der Waals surface area contributed by atoms with E-state index in [1.807, 2.05) is 32.9 Å². The van der Waals surface area contributed by atoms with Crippen LogP contribution in [0.15, 0.2) is 18.2 Å². The van der Waals surface area contributed by atoms with Gasteiger partial charge in [-0.15, -0.1) is 0 Å². The SMILES string of the molecule is CCN(CC)C(=O)COc1ccc(C)cc1[C@@H](C)O. The van der Waals surface area contributed by atoms with E-state index < -0.39 is 6.10 Å². The van der Waals surface area contributed by atoms with Crippen LogP contribution >= 0.6 is 0 Å². The first-order chi connectivity index (χ1) is 8.99. The summed E-state index contributed by atoms with van der Waals surface area (Å²) < 4.78 is 5.55. The summed E-state index contributed by atoms with van der Waals surface area (Å²) in [5, 5.41) is 9.72. The summed E-state index contributed by atoms with van der Waals surface area (Å²) in [7, 11) is 0. The maximum Gasteiger partial charge on any atom is 0.260 e. The number of carbonyl (C=O) groups excluding carboxylic acids is 1. The summed E-state index contributed by atoms with van der Waals surface area (Å²) in [6, 6.07) is 5.58. The minimum Gasteiger partial charge on any atom is -0.483 e. The Kier molecular flexibility index (Phi) is 5.83. The number of carbonyl (C=O) groups is 1. The van der Waals surface area contributed by atoms with Crippen LogP contribution in [0.4, 0.5) is 0 Å². The van der Waals surface area contributed by atoms with E-state index in [0.29, 0.717) is 24.4 Å². The zero-order valence-corrected chi connectivity index (χ0v) is 12.1. The molecule has 1 N–H and O–H groups in total. The van der Waals surface area contributed by atoms with Gasteiger partial charge < -0.3 is 14.7 Å². The number of hydrogen-bond donors (Lipinski definition) is 1. The molecule has 0 saturated heterocycles. The molecule has 1 atom stereocenters. The van der Waals surface area contributed by atoms with Gasteiger partial charge in [0.2, 0.25) is 0 Å². The van der Waals surface area contributed by atoms with Gasteiger partial charge in [-0.25, -0.2) is 0 Å². The first-order valence-electron chi connectivity index (χ1n) is 6.68. The third-order valence-electron chi connectivity index (χ3n) is 3.08. The van der Waals surface area contributed by atoms with E-state index in [2.05, 4.69) is 0 Å². The van der Waals surface area contributed by atoms with E-state index >= 15 is 0 Å². The number of aliphatic hydroxyl groups is 1. The second kappa shape index (κ2) is 7.14. The first kappa shape index (κ1) is 15.5. The van der Waals surface area contributed by atoms with Crippen LogP contribution in [0.5, 0.6) is 5.75 Å². The smallest absolute Gasteiger partial charge is 0.260 e. The molecule has 1 aromatic rings. The van der Waals surface area contributed by atoms with Gasteiger partial charge in [0.05, 0.1) is 6.10 Å². The molecular formula is C15H23NO3. The van der Waals surface area contributed by atoms with Crippen molar-refractivity contribution in [3.05, 3.63) is 29.3 Å². The van der Waals surface area contributed by atoms with Crippen molar-refractivity contribution in [2.75, 3.05) is 19.7 Å². The largest absolute Gasteiger partial charge is 0.483 e. The van der Waals surface area contributed by atoms with E-state index in [-0.39, 0.29) is 12.5 Å². The second-order valence-electron chi connectivity index (χ2n) is 4.57. The topological polar surface area (TPSA) is 49.8 Å². The van der Waals surface area contributed by atoms with Crippen molar-refractivity contribution in [2.24, 2.45) is 0 Å². The first-order valence-corrected chi connectivity index (χ1v) is 6.68. The molecule has 0 bridgehead atoms. The van der Waals surface area contributed by atoms with Crippen LogP contribution in [0.25, 0.3) is 0 Å². The molecular weight excluding hydrogens is 242 g/mol. The fourth-order valence-electron chi connectivity index (χ4n) is 1.93. The summed E-state index contributed by atoms with van der Waals surface area (Å²) in [5.74, 6) is 0.531. The summed E-state index contributed by atoms with van der Waals surface area (Å²) in [6.07, 6.45) is -0.613. The molecule has 0 spiro atoms. The van der Waals surface area contributed by atoms with Gasteiger partial charge in [0, 0.05) is 18.7 Å². The lowest BCUT2D eigenvalue weighted by molar-refractivity contribution is -0.133. The van der Waals surface area contributed by atoms with Crippen LogP contribution in [0.1, 0.15) is 38.0 Å². The Morgan fingerprint density at radius 1 is 1.37 bits per heavy atom. The monoisotopic (exact) mass is 265 g/mol. The highest BCUT2D eigenvalue weighted by Gasteiger charge is 2.13. The third-order valence-corrected chi connectivity index (χ3v) is 3.08. The van der Waals surface area contributed by atoms with Crippen LogP contribution < -0.4 is 4.74 Å². The lowest BCUT2D eigenvalue weighted by atomic mass is 10.1. The van der Waals surface area contributed by atoms with Crippen molar-refractivity contribution in [3.63, 3.8) is 0 Å². The Labute approximate surface area is 115 Å². The van der Waals surface area contributed by atoms with E-state index in [1.165, 1.54) is 0 Å². The number of rotatable bonds is 6. The van der Waals surface area contributed by atoms with Crippen molar-refractivity contribution in [1.82, 2.24) is 4.90 Å². The minimum absolute atomic E-state index is 0.00443. The van der Waals surface area contributed by atoms with E-state index in [9.17, 15) is 9.90 Å². The Balaban J connectivity index is 2.75. The summed E-state index contributed by atoms with van der Waals surface area (Å²) >= 11 is 0. The molecule has 1 rings (SSSR count). The van der Waals surface area contributed by atoms with Crippen molar-refractivity contribution < 1.29 is 14.6 Å². The molecule has 0 aliphatic carbocycles. The van der Waals surface area contributed by atoms with Crippen LogP contribution in [-0.4, -0.2) is 35.6 Å². The average molecular weight is 265 g/mol. The summed E-state index contributed by atoms with van der Waals surface area (Å²) in [6.45, 7) is 8.88. The number of ether oxygens (including phenoxy) is 1. The van der Waals surface area contributed by atoms with Crippen LogP contribution in [0.3, 0.4) is 0 Å². The van der Waals surface area contributed by atoms with Gasteiger partial charge in [0.1, 0.15) is 5.75 Å². The zero-order chi connectivity index (χ0) is 14.4. The predicted molar refractivity (Wildman–Crippen MR) is 75.2 cm³/mol. The number of benzene rings is 1. The molecule has 4 nitrogen and oxygen atoms in total. The molecule has 1 aromatic carbocycles. The number of aryl methyl sites for hydroxylation is 1. The quantitative estimate of drug-likeness (QED) is 0.858.